The first-order valence-electron chi connectivity index (χ1n) is 7.27. The van der Waals surface area contributed by atoms with E-state index in [4.69, 9.17) is 0 Å². The SMILES string of the molecule is CN(C(=O)C1(C(=O)O)CC=CC1)C1CS(=O)(=O)c2ccccc21. The smallest absolute Gasteiger partial charge is 0.319 e. The third-order valence-corrected chi connectivity index (χ3v) is 6.49. The number of carboxylic acids is 1. The molecule has 0 saturated heterocycles. The lowest BCUT2D eigenvalue weighted by Crippen LogP contribution is -2.47. The second-order valence-corrected chi connectivity index (χ2v) is 8.02. The highest BCUT2D eigenvalue weighted by Crippen LogP contribution is 2.41. The molecule has 1 atom stereocenters. The molecule has 23 heavy (non-hydrogen) atoms. The number of carboxylic acid groups (broad SMARTS) is 1. The summed E-state index contributed by atoms with van der Waals surface area (Å²) in [5.41, 5.74) is -0.967. The number of allylic oxidation sites excluding steroid dienone is 2. The van der Waals surface area contributed by atoms with Crippen LogP contribution in [0.25, 0.3) is 0 Å². The molecule has 0 saturated carbocycles. The normalized spacial score (nSPS) is 23.4. The summed E-state index contributed by atoms with van der Waals surface area (Å²) in [5, 5.41) is 9.52. The summed E-state index contributed by atoms with van der Waals surface area (Å²) in [7, 11) is -1.97. The van der Waals surface area contributed by atoms with Crippen LogP contribution in [-0.4, -0.2) is 43.1 Å². The van der Waals surface area contributed by atoms with E-state index in [1.807, 2.05) is 0 Å². The Balaban J connectivity index is 1.97. The maximum atomic E-state index is 12.8. The molecule has 1 aromatic carbocycles. The van der Waals surface area contributed by atoms with E-state index in [1.165, 1.54) is 18.0 Å². The van der Waals surface area contributed by atoms with E-state index < -0.39 is 33.2 Å². The van der Waals surface area contributed by atoms with Crippen molar-refractivity contribution in [1.82, 2.24) is 4.90 Å². The van der Waals surface area contributed by atoms with Crippen molar-refractivity contribution in [2.45, 2.75) is 23.8 Å². The minimum Gasteiger partial charge on any atom is -0.480 e. The van der Waals surface area contributed by atoms with Crippen molar-refractivity contribution < 1.29 is 23.1 Å². The first-order valence-corrected chi connectivity index (χ1v) is 8.92. The van der Waals surface area contributed by atoms with Crippen LogP contribution in [0.4, 0.5) is 0 Å². The predicted molar refractivity (Wildman–Crippen MR) is 82.4 cm³/mol. The number of hydrogen-bond donors (Lipinski definition) is 1. The average Bonchev–Trinajstić information content (AvgIpc) is 3.11. The third kappa shape index (κ3) is 2.26. The fourth-order valence-corrected chi connectivity index (χ4v) is 5.17. The molecular weight excluding hydrogens is 318 g/mol. The van der Waals surface area contributed by atoms with Gasteiger partial charge in [-0.3, -0.25) is 9.59 Å². The van der Waals surface area contributed by atoms with Crippen molar-refractivity contribution in [2.75, 3.05) is 12.8 Å². The Morgan fingerprint density at radius 2 is 1.83 bits per heavy atom. The van der Waals surface area contributed by atoms with Crippen LogP contribution in [0.15, 0.2) is 41.3 Å². The van der Waals surface area contributed by atoms with E-state index in [2.05, 4.69) is 0 Å². The number of fused-ring (bicyclic) bond motifs is 1. The number of carbonyl (C=O) groups is 2. The number of carbonyl (C=O) groups excluding carboxylic acids is 1. The molecule has 6 nitrogen and oxygen atoms in total. The molecule has 1 unspecified atom stereocenters. The van der Waals surface area contributed by atoms with Crippen molar-refractivity contribution in [2.24, 2.45) is 5.41 Å². The van der Waals surface area contributed by atoms with Gasteiger partial charge in [0.05, 0.1) is 16.7 Å². The Labute approximate surface area is 134 Å². The zero-order valence-electron chi connectivity index (χ0n) is 12.6. The second kappa shape index (κ2) is 5.19. The summed E-state index contributed by atoms with van der Waals surface area (Å²) < 4.78 is 24.5. The monoisotopic (exact) mass is 335 g/mol. The van der Waals surface area contributed by atoms with E-state index in [-0.39, 0.29) is 23.5 Å². The van der Waals surface area contributed by atoms with E-state index in [9.17, 15) is 23.1 Å². The summed E-state index contributed by atoms with van der Waals surface area (Å²) in [6.07, 6.45) is 3.62. The van der Waals surface area contributed by atoms with Crippen LogP contribution in [0.5, 0.6) is 0 Å². The molecule has 2 aliphatic rings. The molecule has 0 aromatic heterocycles. The van der Waals surface area contributed by atoms with Gasteiger partial charge in [0.25, 0.3) is 0 Å². The van der Waals surface area contributed by atoms with Gasteiger partial charge in [-0.25, -0.2) is 8.42 Å². The average molecular weight is 335 g/mol. The van der Waals surface area contributed by atoms with Crippen molar-refractivity contribution in [3.8, 4) is 0 Å². The predicted octanol–water partition coefficient (Wildman–Crippen LogP) is 1.39. The Kier molecular flexibility index (Phi) is 3.55. The van der Waals surface area contributed by atoms with Crippen molar-refractivity contribution in [1.29, 1.82) is 0 Å². The number of aliphatic carboxylic acids is 1. The Bertz CT molecular complexity index is 804. The molecular formula is C16H17NO5S. The number of amides is 1. The molecule has 1 N–H and O–H groups in total. The number of hydrogen-bond acceptors (Lipinski definition) is 4. The van der Waals surface area contributed by atoms with Gasteiger partial charge < -0.3 is 10.0 Å². The highest BCUT2D eigenvalue weighted by Gasteiger charge is 2.50. The van der Waals surface area contributed by atoms with Crippen molar-refractivity contribution >= 4 is 21.7 Å². The lowest BCUT2D eigenvalue weighted by molar-refractivity contribution is -0.160. The Morgan fingerprint density at radius 1 is 1.22 bits per heavy atom. The van der Waals surface area contributed by atoms with E-state index in [1.54, 1.807) is 30.4 Å². The van der Waals surface area contributed by atoms with Gasteiger partial charge in [-0.1, -0.05) is 30.4 Å². The lowest BCUT2D eigenvalue weighted by Gasteiger charge is -2.32. The molecule has 1 amide bonds. The maximum Gasteiger partial charge on any atom is 0.319 e. The van der Waals surface area contributed by atoms with Gasteiger partial charge in [0.2, 0.25) is 5.91 Å². The van der Waals surface area contributed by atoms with E-state index >= 15 is 0 Å². The Morgan fingerprint density at radius 3 is 2.43 bits per heavy atom. The van der Waals surface area contributed by atoms with Gasteiger partial charge in [-0.2, -0.15) is 0 Å². The van der Waals surface area contributed by atoms with Gasteiger partial charge in [0, 0.05) is 7.05 Å². The molecule has 7 heteroatoms. The zero-order valence-corrected chi connectivity index (χ0v) is 13.4. The first-order chi connectivity index (χ1) is 10.8. The van der Waals surface area contributed by atoms with Gasteiger partial charge in [-0.15, -0.1) is 0 Å². The van der Waals surface area contributed by atoms with Crippen molar-refractivity contribution in [3.63, 3.8) is 0 Å². The van der Waals surface area contributed by atoms with Crippen LogP contribution in [-0.2, 0) is 19.4 Å². The molecule has 1 aliphatic carbocycles. The topological polar surface area (TPSA) is 91.8 Å². The summed E-state index contributed by atoms with van der Waals surface area (Å²) in [6.45, 7) is 0. The molecule has 1 heterocycles. The van der Waals surface area contributed by atoms with Crippen LogP contribution < -0.4 is 0 Å². The van der Waals surface area contributed by atoms with Crippen LogP contribution >= 0.6 is 0 Å². The fraction of sp³-hybridized carbons (Fsp3) is 0.375. The highest BCUT2D eigenvalue weighted by atomic mass is 32.2. The standard InChI is InChI=1S/C16H17NO5S/c1-17(14(18)16(15(19)20)8-4-5-9-16)12-10-23(21,22)13-7-3-2-6-11(12)13/h2-7,12H,8-10H2,1H3,(H,19,20). The molecule has 1 aromatic rings. The molecule has 0 radical (unpaired) electrons. The Hall–Kier alpha value is -2.15. The third-order valence-electron chi connectivity index (χ3n) is 4.70. The molecule has 0 fully saturated rings. The van der Waals surface area contributed by atoms with Crippen molar-refractivity contribution in [3.05, 3.63) is 42.0 Å². The van der Waals surface area contributed by atoms with E-state index in [0.717, 1.165) is 0 Å². The lowest BCUT2D eigenvalue weighted by atomic mass is 9.83. The maximum absolute atomic E-state index is 12.8. The first kappa shape index (κ1) is 15.7. The van der Waals surface area contributed by atoms with Gasteiger partial charge in [0.1, 0.15) is 0 Å². The highest BCUT2D eigenvalue weighted by molar-refractivity contribution is 7.91. The van der Waals surface area contributed by atoms with Crippen LogP contribution in [0, 0.1) is 5.41 Å². The summed E-state index contributed by atoms with van der Waals surface area (Å²) >= 11 is 0. The summed E-state index contributed by atoms with van der Waals surface area (Å²) in [6, 6.07) is 5.90. The molecule has 3 rings (SSSR count). The summed E-state index contributed by atoms with van der Waals surface area (Å²) in [5.74, 6) is -1.93. The minimum absolute atomic E-state index is 0.132. The number of benzene rings is 1. The molecule has 0 spiro atoms. The quantitative estimate of drug-likeness (QED) is 0.666. The van der Waals surface area contributed by atoms with Crippen LogP contribution in [0.1, 0.15) is 24.4 Å². The van der Waals surface area contributed by atoms with Gasteiger partial charge in [-0.05, 0) is 24.5 Å². The zero-order chi connectivity index (χ0) is 16.8. The summed E-state index contributed by atoms with van der Waals surface area (Å²) in [4.78, 5) is 26.0. The van der Waals surface area contributed by atoms with Gasteiger partial charge >= 0.3 is 5.97 Å². The van der Waals surface area contributed by atoms with Crippen LogP contribution in [0.3, 0.4) is 0 Å². The van der Waals surface area contributed by atoms with Crippen LogP contribution in [0.2, 0.25) is 0 Å². The minimum atomic E-state index is -3.45. The number of rotatable bonds is 3. The fourth-order valence-electron chi connectivity index (χ4n) is 3.32. The van der Waals surface area contributed by atoms with Gasteiger partial charge in [0.15, 0.2) is 15.3 Å². The largest absolute Gasteiger partial charge is 0.480 e. The second-order valence-electron chi connectivity index (χ2n) is 6.02. The molecule has 122 valence electrons. The molecule has 1 aliphatic heterocycles. The van der Waals surface area contributed by atoms with E-state index in [0.29, 0.717) is 5.56 Å². The number of sulfone groups is 1. The molecule has 0 bridgehead atoms. The number of nitrogens with zero attached hydrogens (tertiary/aromatic N) is 1.